The van der Waals surface area contributed by atoms with Crippen LogP contribution in [0.2, 0.25) is 0 Å². The summed E-state index contributed by atoms with van der Waals surface area (Å²) in [4.78, 5) is 0. The van der Waals surface area contributed by atoms with Gasteiger partial charge in [-0.3, -0.25) is 0 Å². The van der Waals surface area contributed by atoms with Crippen LogP contribution in [0, 0.1) is 0 Å². The van der Waals surface area contributed by atoms with E-state index in [2.05, 4.69) is 0 Å². The van der Waals surface area contributed by atoms with E-state index in [4.69, 9.17) is 33.9 Å². The lowest BCUT2D eigenvalue weighted by molar-refractivity contribution is 2.02. The minimum Gasteiger partial charge on any atom is -0.0922 e. The topological polar surface area (TPSA) is 0 Å². The fourth-order valence-corrected chi connectivity index (χ4v) is 2.23. The molecule has 0 fully saturated rings. The maximum Gasteiger partial charge on any atom is 0.163 e. The maximum absolute atomic E-state index is 5.20. The molecule has 0 aliphatic rings. The Morgan fingerprint density at radius 2 is 1.83 bits per heavy atom. The number of hydrogen-bond donors (Lipinski definition) is 0. The zero-order valence-corrected chi connectivity index (χ0v) is 6.43. The second-order valence-corrected chi connectivity index (χ2v) is 4.91. The van der Waals surface area contributed by atoms with E-state index < -0.39 is 4.17 Å². The Morgan fingerprint density at radius 3 is 1.83 bits per heavy atom. The highest BCUT2D eigenvalue weighted by Gasteiger charge is 1.94. The van der Waals surface area contributed by atoms with E-state index in [1.807, 2.05) is 0 Å². The van der Waals surface area contributed by atoms with Gasteiger partial charge in [-0.05, 0) is 21.5 Å². The fraction of sp³-hybridized carbons (Fsp3) is 1.00. The molecule has 0 spiro atoms. The molecule has 38 valence electrons. The molecular formula is CHCl3S2. The van der Waals surface area contributed by atoms with Crippen LogP contribution >= 0.6 is 54.7 Å². The maximum atomic E-state index is 5.20. The van der Waals surface area contributed by atoms with Crippen LogP contribution in [0.5, 0.6) is 0 Å². The van der Waals surface area contributed by atoms with Crippen molar-refractivity contribution < 1.29 is 0 Å². The first-order chi connectivity index (χ1) is 2.77. The molecule has 5 heteroatoms. The van der Waals surface area contributed by atoms with E-state index in [-0.39, 0.29) is 0 Å². The van der Waals surface area contributed by atoms with Crippen molar-refractivity contribution in [2.24, 2.45) is 0 Å². The SMILES string of the molecule is ClSSC(Cl)Cl. The molecule has 0 bridgehead atoms. The molecule has 0 heterocycles. The summed E-state index contributed by atoms with van der Waals surface area (Å²) in [5, 5.41) is 0. The zero-order valence-electron chi connectivity index (χ0n) is 2.53. The molecule has 0 saturated heterocycles. The minimum absolute atomic E-state index is 0.410. The lowest BCUT2D eigenvalue weighted by Crippen LogP contribution is -1.64. The van der Waals surface area contributed by atoms with Crippen LogP contribution < -0.4 is 0 Å². The second-order valence-electron chi connectivity index (χ2n) is 0.420. The van der Waals surface area contributed by atoms with Crippen molar-refractivity contribution in [3.63, 3.8) is 0 Å². The monoisotopic (exact) mass is 182 g/mol. The van der Waals surface area contributed by atoms with Gasteiger partial charge in [0.05, 0.1) is 0 Å². The third kappa shape index (κ3) is 5.57. The summed E-state index contributed by atoms with van der Waals surface area (Å²) in [5.74, 6) is 0. The smallest absolute Gasteiger partial charge is 0.0922 e. The molecule has 0 nitrogen and oxygen atoms in total. The first-order valence-electron chi connectivity index (χ1n) is 0.993. The summed E-state index contributed by atoms with van der Waals surface area (Å²) in [5.41, 5.74) is 0. The van der Waals surface area contributed by atoms with Crippen molar-refractivity contribution in [1.82, 2.24) is 0 Å². The molecule has 0 saturated carbocycles. The molecule has 6 heavy (non-hydrogen) atoms. The molecule has 0 aliphatic carbocycles. The van der Waals surface area contributed by atoms with Gasteiger partial charge in [0.25, 0.3) is 0 Å². The predicted molar refractivity (Wildman–Crippen MR) is 36.5 cm³/mol. The molecule has 0 unspecified atom stereocenters. The van der Waals surface area contributed by atoms with Gasteiger partial charge >= 0.3 is 0 Å². The van der Waals surface area contributed by atoms with E-state index >= 15 is 0 Å². The van der Waals surface area contributed by atoms with E-state index in [1.54, 1.807) is 0 Å². The largest absolute Gasteiger partial charge is 0.163 e. The Hall–Kier alpha value is 1.57. The Kier molecular flexibility index (Phi) is 5.96. The van der Waals surface area contributed by atoms with Crippen molar-refractivity contribution in [3.05, 3.63) is 0 Å². The van der Waals surface area contributed by atoms with Gasteiger partial charge in [-0.1, -0.05) is 23.2 Å². The van der Waals surface area contributed by atoms with Crippen LogP contribution in [-0.4, -0.2) is 4.17 Å². The molecule has 0 amide bonds. The molecule has 0 rings (SSSR count). The Bertz CT molecular complexity index is 30.0. The van der Waals surface area contributed by atoms with Gasteiger partial charge in [0.2, 0.25) is 0 Å². The summed E-state index contributed by atoms with van der Waals surface area (Å²) in [7, 11) is 7.34. The standard InChI is InChI=1S/CHCl3S2/c2-1(3)5-6-4/h1H. The summed E-state index contributed by atoms with van der Waals surface area (Å²) in [6.07, 6.45) is 0. The Morgan fingerprint density at radius 1 is 1.33 bits per heavy atom. The highest BCUT2D eigenvalue weighted by Crippen LogP contribution is 2.34. The molecule has 0 aromatic carbocycles. The highest BCUT2D eigenvalue weighted by atomic mass is 35.7. The molecule has 0 aliphatic heterocycles. The number of alkyl halides is 2. The Labute approximate surface area is 58.8 Å². The van der Waals surface area contributed by atoms with Crippen LogP contribution in [0.1, 0.15) is 0 Å². The number of halogens is 3. The van der Waals surface area contributed by atoms with Crippen molar-refractivity contribution in [2.45, 2.75) is 4.17 Å². The van der Waals surface area contributed by atoms with Crippen LogP contribution in [0.3, 0.4) is 0 Å². The Balaban J connectivity index is 2.63. The van der Waals surface area contributed by atoms with Gasteiger partial charge in [-0.25, -0.2) is 0 Å². The van der Waals surface area contributed by atoms with Gasteiger partial charge in [-0.2, -0.15) is 0 Å². The predicted octanol–water partition coefficient (Wildman–Crippen LogP) is 3.28. The van der Waals surface area contributed by atoms with E-state index in [9.17, 15) is 0 Å². The molecule has 0 atom stereocenters. The quantitative estimate of drug-likeness (QED) is 0.476. The lowest BCUT2D eigenvalue weighted by atomic mass is 11.9. The normalized spacial score (nSPS) is 10.0. The minimum atomic E-state index is -0.410. The summed E-state index contributed by atoms with van der Waals surface area (Å²) >= 11 is 10.4. The van der Waals surface area contributed by atoms with Gasteiger partial charge < -0.3 is 0 Å². The zero-order chi connectivity index (χ0) is 4.99. The van der Waals surface area contributed by atoms with Gasteiger partial charge in [0.1, 0.15) is 0 Å². The van der Waals surface area contributed by atoms with Crippen molar-refractivity contribution in [1.29, 1.82) is 0 Å². The van der Waals surface area contributed by atoms with Crippen LogP contribution in [-0.2, 0) is 0 Å². The third-order valence-corrected chi connectivity index (χ3v) is 2.95. The summed E-state index contributed by atoms with van der Waals surface area (Å²) in [6, 6.07) is 0. The van der Waals surface area contributed by atoms with Crippen LogP contribution in [0.15, 0.2) is 0 Å². The molecule has 0 N–H and O–H groups in total. The average Bonchev–Trinajstić information content (AvgIpc) is 1.35. The molecule has 0 aromatic heterocycles. The number of rotatable bonds is 2. The van der Waals surface area contributed by atoms with E-state index in [0.29, 0.717) is 0 Å². The first-order valence-corrected chi connectivity index (χ1v) is 4.91. The molecule has 0 aromatic rings. The van der Waals surface area contributed by atoms with Crippen LogP contribution in [0.4, 0.5) is 0 Å². The van der Waals surface area contributed by atoms with Crippen LogP contribution in [0.25, 0.3) is 0 Å². The van der Waals surface area contributed by atoms with E-state index in [0.717, 1.165) is 10.0 Å². The fourth-order valence-electron chi connectivity index (χ4n) is 0.0275. The third-order valence-electron chi connectivity index (χ3n) is 0.109. The summed E-state index contributed by atoms with van der Waals surface area (Å²) < 4.78 is -0.410. The lowest BCUT2D eigenvalue weighted by Gasteiger charge is -1.87. The first kappa shape index (κ1) is 7.57. The second kappa shape index (κ2) is 4.72. The van der Waals surface area contributed by atoms with Crippen molar-refractivity contribution in [2.75, 3.05) is 0 Å². The molecular weight excluding hydrogens is 183 g/mol. The highest BCUT2D eigenvalue weighted by molar-refractivity contribution is 8.85. The summed E-state index contributed by atoms with van der Waals surface area (Å²) in [6.45, 7) is 0. The number of hydrogen-bond acceptors (Lipinski definition) is 2. The average molecular weight is 184 g/mol. The molecule has 0 radical (unpaired) electrons. The van der Waals surface area contributed by atoms with Gasteiger partial charge in [0, 0.05) is 10.0 Å². The van der Waals surface area contributed by atoms with Crippen molar-refractivity contribution >= 4 is 54.7 Å². The van der Waals surface area contributed by atoms with E-state index in [1.165, 1.54) is 10.8 Å². The van der Waals surface area contributed by atoms with Gasteiger partial charge in [-0.15, -0.1) is 0 Å². The van der Waals surface area contributed by atoms with Crippen molar-refractivity contribution in [3.8, 4) is 0 Å². The van der Waals surface area contributed by atoms with Gasteiger partial charge in [0.15, 0.2) is 4.17 Å².